The lowest BCUT2D eigenvalue weighted by atomic mass is 10.1. The molecule has 0 atom stereocenters. The van der Waals surface area contributed by atoms with Crippen LogP contribution in [0.3, 0.4) is 0 Å². The smallest absolute Gasteiger partial charge is 0.156 e. The predicted molar refractivity (Wildman–Crippen MR) is 67.2 cm³/mol. The van der Waals surface area contributed by atoms with E-state index in [1.54, 1.807) is 0 Å². The van der Waals surface area contributed by atoms with Crippen molar-refractivity contribution in [1.82, 2.24) is 15.2 Å². The molecule has 0 bridgehead atoms. The van der Waals surface area contributed by atoms with Crippen LogP contribution in [0.5, 0.6) is 0 Å². The molecule has 1 aromatic heterocycles. The molecule has 2 rings (SSSR count). The van der Waals surface area contributed by atoms with Crippen molar-refractivity contribution >= 4 is 21.7 Å². The van der Waals surface area contributed by atoms with Gasteiger partial charge in [0, 0.05) is 17.1 Å². The fourth-order valence-electron chi connectivity index (χ4n) is 1.38. The van der Waals surface area contributed by atoms with Crippen LogP contribution in [0.25, 0.3) is 11.3 Å². The van der Waals surface area contributed by atoms with E-state index >= 15 is 0 Å². The molecule has 0 radical (unpaired) electrons. The zero-order valence-electron chi connectivity index (χ0n) is 9.03. The van der Waals surface area contributed by atoms with Gasteiger partial charge in [0.15, 0.2) is 5.82 Å². The highest BCUT2D eigenvalue weighted by Gasteiger charge is 2.08. The van der Waals surface area contributed by atoms with E-state index < -0.39 is 0 Å². The van der Waals surface area contributed by atoms with Gasteiger partial charge in [0.25, 0.3) is 0 Å². The summed E-state index contributed by atoms with van der Waals surface area (Å²) in [6.45, 7) is 1.82. The molecule has 0 aliphatic carbocycles. The zero-order valence-corrected chi connectivity index (χ0v) is 10.6. The van der Waals surface area contributed by atoms with E-state index in [0.29, 0.717) is 5.82 Å². The first-order chi connectivity index (χ1) is 7.70. The second-order valence-electron chi connectivity index (χ2n) is 3.31. The van der Waals surface area contributed by atoms with Gasteiger partial charge in [0.2, 0.25) is 0 Å². The first-order valence-corrected chi connectivity index (χ1v) is 5.65. The van der Waals surface area contributed by atoms with Crippen molar-refractivity contribution < 1.29 is 0 Å². The van der Waals surface area contributed by atoms with Crippen LogP contribution in [0, 0.1) is 6.92 Å². The number of rotatable bonds is 2. The van der Waals surface area contributed by atoms with Crippen LogP contribution in [-0.2, 0) is 0 Å². The van der Waals surface area contributed by atoms with Gasteiger partial charge >= 0.3 is 0 Å². The van der Waals surface area contributed by atoms with Crippen LogP contribution >= 0.6 is 15.9 Å². The summed E-state index contributed by atoms with van der Waals surface area (Å²) in [4.78, 5) is 4.29. The summed E-state index contributed by atoms with van der Waals surface area (Å²) in [7, 11) is 1.83. The highest BCUT2D eigenvalue weighted by atomic mass is 79.9. The topological polar surface area (TPSA) is 50.7 Å². The average Bonchev–Trinajstić information content (AvgIpc) is 2.30. The molecular formula is C11H11BrN4. The van der Waals surface area contributed by atoms with Gasteiger partial charge in [-0.15, -0.1) is 10.2 Å². The van der Waals surface area contributed by atoms with E-state index in [9.17, 15) is 0 Å². The van der Waals surface area contributed by atoms with Gasteiger partial charge in [-0.05, 0) is 19.1 Å². The molecule has 16 heavy (non-hydrogen) atoms. The molecule has 0 saturated carbocycles. The molecule has 0 aliphatic heterocycles. The number of halogens is 1. The van der Waals surface area contributed by atoms with Gasteiger partial charge in [-0.2, -0.15) is 0 Å². The Morgan fingerprint density at radius 1 is 1.12 bits per heavy atom. The Kier molecular flexibility index (Phi) is 3.14. The number of aryl methyl sites for hydroxylation is 1. The van der Waals surface area contributed by atoms with Gasteiger partial charge in [0.1, 0.15) is 11.5 Å². The van der Waals surface area contributed by atoms with Crippen molar-refractivity contribution in [3.05, 3.63) is 34.6 Å². The molecule has 82 valence electrons. The van der Waals surface area contributed by atoms with Crippen molar-refractivity contribution in [2.45, 2.75) is 6.92 Å². The summed E-state index contributed by atoms with van der Waals surface area (Å²) in [5, 5.41) is 11.2. The summed E-state index contributed by atoms with van der Waals surface area (Å²) >= 11 is 3.40. The van der Waals surface area contributed by atoms with Gasteiger partial charge in [-0.25, -0.2) is 4.98 Å². The molecule has 0 amide bonds. The quantitative estimate of drug-likeness (QED) is 0.918. The molecule has 1 aromatic carbocycles. The molecule has 0 saturated heterocycles. The third-order valence-electron chi connectivity index (χ3n) is 2.15. The lowest BCUT2D eigenvalue weighted by molar-refractivity contribution is 0.916. The minimum Gasteiger partial charge on any atom is -0.371 e. The number of aromatic nitrogens is 3. The molecule has 4 nitrogen and oxygen atoms in total. The minimum absolute atomic E-state index is 0.658. The predicted octanol–water partition coefficient (Wildman–Crippen LogP) is 2.65. The molecular weight excluding hydrogens is 268 g/mol. The van der Waals surface area contributed by atoms with Gasteiger partial charge in [-0.1, -0.05) is 28.1 Å². The fourth-order valence-corrected chi connectivity index (χ4v) is 1.65. The molecule has 0 unspecified atom stereocenters. The third kappa shape index (κ3) is 2.19. The lowest BCUT2D eigenvalue weighted by Crippen LogP contribution is -2.02. The largest absolute Gasteiger partial charge is 0.371 e. The lowest BCUT2D eigenvalue weighted by Gasteiger charge is -2.06. The standard InChI is InChI=1S/C11H11BrN4/c1-7-14-11(13-2)10(16-15-7)8-3-5-9(12)6-4-8/h3-6H,1-2H3,(H,13,14,15). The molecule has 1 heterocycles. The number of nitrogens with zero attached hydrogens (tertiary/aromatic N) is 3. The fraction of sp³-hybridized carbons (Fsp3) is 0.182. The number of hydrogen-bond donors (Lipinski definition) is 1. The minimum atomic E-state index is 0.658. The summed E-state index contributed by atoms with van der Waals surface area (Å²) in [5.41, 5.74) is 1.76. The van der Waals surface area contributed by atoms with Crippen LogP contribution in [-0.4, -0.2) is 22.2 Å². The number of hydrogen-bond acceptors (Lipinski definition) is 4. The van der Waals surface area contributed by atoms with Crippen LogP contribution in [0.4, 0.5) is 5.82 Å². The summed E-state index contributed by atoms with van der Waals surface area (Å²) in [6, 6.07) is 7.89. The summed E-state index contributed by atoms with van der Waals surface area (Å²) in [6.07, 6.45) is 0. The molecule has 0 spiro atoms. The van der Waals surface area contributed by atoms with E-state index in [1.807, 2.05) is 38.2 Å². The Morgan fingerprint density at radius 2 is 1.81 bits per heavy atom. The first kappa shape index (κ1) is 11.0. The number of benzene rings is 1. The Hall–Kier alpha value is -1.49. The maximum Gasteiger partial charge on any atom is 0.156 e. The van der Waals surface area contributed by atoms with Crippen LogP contribution in [0.2, 0.25) is 0 Å². The molecule has 2 aromatic rings. The van der Waals surface area contributed by atoms with E-state index in [1.165, 1.54) is 0 Å². The zero-order chi connectivity index (χ0) is 11.5. The maximum absolute atomic E-state index is 4.29. The van der Waals surface area contributed by atoms with E-state index in [-0.39, 0.29) is 0 Å². The van der Waals surface area contributed by atoms with Crippen LogP contribution in [0.15, 0.2) is 28.7 Å². The second-order valence-corrected chi connectivity index (χ2v) is 4.23. The molecule has 0 aliphatic rings. The van der Waals surface area contributed by atoms with Gasteiger partial charge in [0.05, 0.1) is 0 Å². The number of anilines is 1. The van der Waals surface area contributed by atoms with Gasteiger partial charge in [-0.3, -0.25) is 0 Å². The van der Waals surface area contributed by atoms with Crippen LogP contribution < -0.4 is 5.32 Å². The molecule has 5 heteroatoms. The average molecular weight is 279 g/mol. The van der Waals surface area contributed by atoms with E-state index in [2.05, 4.69) is 36.4 Å². The van der Waals surface area contributed by atoms with Crippen LogP contribution in [0.1, 0.15) is 5.82 Å². The van der Waals surface area contributed by atoms with Crippen molar-refractivity contribution in [3.8, 4) is 11.3 Å². The Labute approximate surface area is 102 Å². The van der Waals surface area contributed by atoms with Crippen molar-refractivity contribution in [2.24, 2.45) is 0 Å². The summed E-state index contributed by atoms with van der Waals surface area (Å²) < 4.78 is 1.04. The third-order valence-corrected chi connectivity index (χ3v) is 2.68. The van der Waals surface area contributed by atoms with Crippen molar-refractivity contribution in [1.29, 1.82) is 0 Å². The van der Waals surface area contributed by atoms with Crippen molar-refractivity contribution in [2.75, 3.05) is 12.4 Å². The summed E-state index contributed by atoms with van der Waals surface area (Å²) in [5.74, 6) is 1.40. The van der Waals surface area contributed by atoms with E-state index in [4.69, 9.17) is 0 Å². The Bertz CT molecular complexity index is 496. The maximum atomic E-state index is 4.29. The highest BCUT2D eigenvalue weighted by molar-refractivity contribution is 9.10. The number of nitrogens with one attached hydrogen (secondary N) is 1. The van der Waals surface area contributed by atoms with E-state index in [0.717, 1.165) is 21.5 Å². The SMILES string of the molecule is CNc1nc(C)nnc1-c1ccc(Br)cc1. The van der Waals surface area contributed by atoms with Crippen molar-refractivity contribution in [3.63, 3.8) is 0 Å². The monoisotopic (exact) mass is 278 g/mol. The van der Waals surface area contributed by atoms with Gasteiger partial charge < -0.3 is 5.32 Å². The Balaban J connectivity index is 2.51. The normalized spacial score (nSPS) is 10.2. The Morgan fingerprint density at radius 3 is 2.44 bits per heavy atom. The molecule has 0 fully saturated rings. The first-order valence-electron chi connectivity index (χ1n) is 4.85. The second kappa shape index (κ2) is 4.57. The highest BCUT2D eigenvalue weighted by Crippen LogP contribution is 2.24. The molecule has 1 N–H and O–H groups in total.